The molecule has 19 heavy (non-hydrogen) atoms. The normalized spacial score (nSPS) is 14.1. The van der Waals surface area contributed by atoms with E-state index < -0.39 is 0 Å². The number of esters is 1. The van der Waals surface area contributed by atoms with Crippen molar-refractivity contribution >= 4 is 5.97 Å². The molecule has 0 heterocycles. The van der Waals surface area contributed by atoms with E-state index in [1.54, 1.807) is 6.92 Å². The van der Waals surface area contributed by atoms with E-state index in [-0.39, 0.29) is 5.97 Å². The molecular weight excluding hydrogens is 236 g/mol. The summed E-state index contributed by atoms with van der Waals surface area (Å²) in [4.78, 5) is 11.4. The molecule has 0 aliphatic rings. The maximum absolute atomic E-state index is 11.4. The number of rotatable bonds is 9. The predicted octanol–water partition coefficient (Wildman–Crippen LogP) is 4.90. The SMILES string of the molecule is CCOC(=O)C(C)=CC=CCC(C)CCCC(C)C. The minimum atomic E-state index is -0.225. The third-order valence-electron chi connectivity index (χ3n) is 3.10. The van der Waals surface area contributed by atoms with Crippen molar-refractivity contribution in [1.29, 1.82) is 0 Å². The molecule has 1 unspecified atom stereocenters. The van der Waals surface area contributed by atoms with E-state index in [0.717, 1.165) is 12.3 Å². The monoisotopic (exact) mass is 266 g/mol. The average molecular weight is 266 g/mol. The van der Waals surface area contributed by atoms with E-state index in [2.05, 4.69) is 26.8 Å². The molecule has 2 nitrogen and oxygen atoms in total. The van der Waals surface area contributed by atoms with Gasteiger partial charge in [0.2, 0.25) is 0 Å². The molecular formula is C17H30O2. The molecule has 2 heteroatoms. The summed E-state index contributed by atoms with van der Waals surface area (Å²) in [6, 6.07) is 0. The smallest absolute Gasteiger partial charge is 0.333 e. The van der Waals surface area contributed by atoms with Crippen LogP contribution in [-0.4, -0.2) is 12.6 Å². The fourth-order valence-electron chi connectivity index (χ4n) is 1.83. The van der Waals surface area contributed by atoms with Crippen molar-refractivity contribution in [1.82, 2.24) is 0 Å². The fourth-order valence-corrected chi connectivity index (χ4v) is 1.83. The first-order valence-corrected chi connectivity index (χ1v) is 7.47. The third-order valence-corrected chi connectivity index (χ3v) is 3.10. The van der Waals surface area contributed by atoms with Gasteiger partial charge in [-0.05, 0) is 32.1 Å². The van der Waals surface area contributed by atoms with Crippen molar-refractivity contribution in [3.63, 3.8) is 0 Å². The molecule has 0 fully saturated rings. The molecule has 0 aliphatic heterocycles. The van der Waals surface area contributed by atoms with Crippen LogP contribution in [-0.2, 0) is 9.53 Å². The highest BCUT2D eigenvalue weighted by molar-refractivity contribution is 5.88. The van der Waals surface area contributed by atoms with Crippen LogP contribution in [0.3, 0.4) is 0 Å². The Morgan fingerprint density at radius 2 is 1.89 bits per heavy atom. The average Bonchev–Trinajstić information content (AvgIpc) is 2.34. The van der Waals surface area contributed by atoms with E-state index in [1.165, 1.54) is 19.3 Å². The minimum absolute atomic E-state index is 0.225. The summed E-state index contributed by atoms with van der Waals surface area (Å²) >= 11 is 0. The predicted molar refractivity (Wildman–Crippen MR) is 82.0 cm³/mol. The van der Waals surface area contributed by atoms with Crippen molar-refractivity contribution in [2.75, 3.05) is 6.61 Å². The zero-order chi connectivity index (χ0) is 14.7. The van der Waals surface area contributed by atoms with Gasteiger partial charge in [-0.3, -0.25) is 0 Å². The van der Waals surface area contributed by atoms with Gasteiger partial charge in [0, 0.05) is 5.57 Å². The molecule has 0 saturated heterocycles. The van der Waals surface area contributed by atoms with E-state index in [9.17, 15) is 4.79 Å². The molecule has 0 amide bonds. The minimum Gasteiger partial charge on any atom is -0.463 e. The molecule has 110 valence electrons. The molecule has 0 saturated carbocycles. The Morgan fingerprint density at radius 3 is 2.47 bits per heavy atom. The Balaban J connectivity index is 3.88. The van der Waals surface area contributed by atoms with Gasteiger partial charge in [-0.1, -0.05) is 58.3 Å². The van der Waals surface area contributed by atoms with Crippen molar-refractivity contribution in [3.05, 3.63) is 23.8 Å². The second-order valence-electron chi connectivity index (χ2n) is 5.66. The molecule has 0 radical (unpaired) electrons. The Morgan fingerprint density at radius 1 is 1.21 bits per heavy atom. The van der Waals surface area contributed by atoms with Crippen molar-refractivity contribution < 1.29 is 9.53 Å². The highest BCUT2D eigenvalue weighted by Crippen LogP contribution is 2.15. The van der Waals surface area contributed by atoms with E-state index in [0.29, 0.717) is 18.1 Å². The number of carbonyl (C=O) groups is 1. The van der Waals surface area contributed by atoms with Gasteiger partial charge >= 0.3 is 5.97 Å². The standard InChI is InChI=1S/C17H30O2/c1-6-19-17(18)16(5)13-8-7-11-15(4)12-9-10-14(2)3/h7-8,13-15H,6,9-12H2,1-5H3. The van der Waals surface area contributed by atoms with Gasteiger partial charge < -0.3 is 4.74 Å². The van der Waals surface area contributed by atoms with Crippen LogP contribution < -0.4 is 0 Å². The van der Waals surface area contributed by atoms with Gasteiger partial charge in [0.15, 0.2) is 0 Å². The number of allylic oxidation sites excluding steroid dienone is 3. The van der Waals surface area contributed by atoms with Gasteiger partial charge in [0.25, 0.3) is 0 Å². The van der Waals surface area contributed by atoms with Crippen molar-refractivity contribution in [3.8, 4) is 0 Å². The summed E-state index contributed by atoms with van der Waals surface area (Å²) in [5, 5.41) is 0. The maximum Gasteiger partial charge on any atom is 0.333 e. The van der Waals surface area contributed by atoms with Crippen LogP contribution in [0.25, 0.3) is 0 Å². The summed E-state index contributed by atoms with van der Waals surface area (Å²) < 4.78 is 4.92. The van der Waals surface area contributed by atoms with Crippen LogP contribution in [0.5, 0.6) is 0 Å². The fraction of sp³-hybridized carbons (Fsp3) is 0.706. The Hall–Kier alpha value is -1.05. The molecule has 0 aliphatic carbocycles. The highest BCUT2D eigenvalue weighted by Gasteiger charge is 2.03. The van der Waals surface area contributed by atoms with Crippen LogP contribution >= 0.6 is 0 Å². The van der Waals surface area contributed by atoms with E-state index in [4.69, 9.17) is 4.74 Å². The molecule has 0 rings (SSSR count). The van der Waals surface area contributed by atoms with Crippen LogP contribution in [0.1, 0.15) is 60.3 Å². The number of hydrogen-bond donors (Lipinski definition) is 0. The largest absolute Gasteiger partial charge is 0.463 e. The second-order valence-corrected chi connectivity index (χ2v) is 5.66. The van der Waals surface area contributed by atoms with Gasteiger partial charge in [-0.15, -0.1) is 0 Å². The number of hydrogen-bond acceptors (Lipinski definition) is 2. The van der Waals surface area contributed by atoms with Gasteiger partial charge in [0.05, 0.1) is 6.61 Å². The molecule has 0 spiro atoms. The summed E-state index contributed by atoms with van der Waals surface area (Å²) in [6.45, 7) is 10.9. The molecule has 0 N–H and O–H groups in total. The van der Waals surface area contributed by atoms with Crippen molar-refractivity contribution in [2.45, 2.75) is 60.3 Å². The number of ether oxygens (including phenoxy) is 1. The summed E-state index contributed by atoms with van der Waals surface area (Å²) in [7, 11) is 0. The first-order valence-electron chi connectivity index (χ1n) is 7.47. The lowest BCUT2D eigenvalue weighted by Crippen LogP contribution is -2.04. The van der Waals surface area contributed by atoms with Gasteiger partial charge in [-0.25, -0.2) is 4.79 Å². The van der Waals surface area contributed by atoms with Gasteiger partial charge in [-0.2, -0.15) is 0 Å². The van der Waals surface area contributed by atoms with Crippen molar-refractivity contribution in [2.24, 2.45) is 11.8 Å². The lowest BCUT2D eigenvalue weighted by Gasteiger charge is -2.09. The quantitative estimate of drug-likeness (QED) is 0.337. The topological polar surface area (TPSA) is 26.3 Å². The molecule has 0 aromatic carbocycles. The lowest BCUT2D eigenvalue weighted by molar-refractivity contribution is -0.138. The van der Waals surface area contributed by atoms with Crippen LogP contribution in [0.15, 0.2) is 23.8 Å². The highest BCUT2D eigenvalue weighted by atomic mass is 16.5. The third kappa shape index (κ3) is 10.5. The van der Waals surface area contributed by atoms with E-state index >= 15 is 0 Å². The van der Waals surface area contributed by atoms with Crippen LogP contribution in [0.4, 0.5) is 0 Å². The molecule has 0 aromatic rings. The Kier molecular flexibility index (Phi) is 10.2. The summed E-state index contributed by atoms with van der Waals surface area (Å²) in [5.74, 6) is 1.29. The first-order chi connectivity index (χ1) is 8.97. The Labute approximate surface area is 118 Å². The zero-order valence-corrected chi connectivity index (χ0v) is 13.2. The maximum atomic E-state index is 11.4. The summed E-state index contributed by atoms with van der Waals surface area (Å²) in [6.07, 6.45) is 10.9. The lowest BCUT2D eigenvalue weighted by atomic mass is 9.97. The molecule has 0 bridgehead atoms. The second kappa shape index (κ2) is 10.8. The zero-order valence-electron chi connectivity index (χ0n) is 13.2. The van der Waals surface area contributed by atoms with Crippen LogP contribution in [0.2, 0.25) is 0 Å². The van der Waals surface area contributed by atoms with Gasteiger partial charge in [0.1, 0.15) is 0 Å². The first kappa shape index (κ1) is 17.9. The molecule has 1 atom stereocenters. The Bertz CT molecular complexity index is 300. The summed E-state index contributed by atoms with van der Waals surface area (Å²) in [5.41, 5.74) is 0.658. The van der Waals surface area contributed by atoms with E-state index in [1.807, 2.05) is 19.1 Å². The molecule has 0 aromatic heterocycles. The van der Waals surface area contributed by atoms with Crippen LogP contribution in [0, 0.1) is 11.8 Å². The number of carbonyl (C=O) groups excluding carboxylic acids is 1.